The predicted octanol–water partition coefficient (Wildman–Crippen LogP) is 3.13. The summed E-state index contributed by atoms with van der Waals surface area (Å²) in [6, 6.07) is 7.67. The van der Waals surface area contributed by atoms with Crippen LogP contribution in [0, 0.1) is 0 Å². The molecule has 0 aromatic heterocycles. The Morgan fingerprint density at radius 2 is 1.89 bits per heavy atom. The maximum atomic E-state index is 12.4. The average Bonchev–Trinajstić information content (AvgIpc) is 2.88. The lowest BCUT2D eigenvalue weighted by atomic mass is 10.2. The minimum Gasteiger partial charge on any atom is -0.212 e. The molecular weight excluding hydrogens is 282 g/mol. The van der Waals surface area contributed by atoms with Gasteiger partial charge in [-0.1, -0.05) is 31.2 Å². The van der Waals surface area contributed by atoms with E-state index in [1.807, 2.05) is 31.2 Å². The fourth-order valence-electron chi connectivity index (χ4n) is 2.60. The Bertz CT molecular complexity index is 513. The molecule has 0 aliphatic carbocycles. The van der Waals surface area contributed by atoms with Crippen LogP contribution in [0.1, 0.15) is 37.3 Å². The monoisotopic (exact) mass is 301 g/mol. The second-order valence-corrected chi connectivity index (χ2v) is 7.21. The van der Waals surface area contributed by atoms with Gasteiger partial charge in [0.1, 0.15) is 0 Å². The van der Waals surface area contributed by atoms with Gasteiger partial charge < -0.3 is 0 Å². The molecule has 2 rings (SSSR count). The van der Waals surface area contributed by atoms with E-state index in [-0.39, 0.29) is 11.8 Å². The summed E-state index contributed by atoms with van der Waals surface area (Å²) in [4.78, 5) is 0. The summed E-state index contributed by atoms with van der Waals surface area (Å²) in [5.41, 5.74) is 1.84. The molecule has 1 aliphatic heterocycles. The molecule has 106 valence electrons. The topological polar surface area (TPSA) is 37.4 Å². The smallest absolute Gasteiger partial charge is 0.212 e. The Hall–Kier alpha value is -0.580. The minimum atomic E-state index is -3.19. The van der Waals surface area contributed by atoms with Crippen LogP contribution in [-0.4, -0.2) is 25.3 Å². The lowest BCUT2D eigenvalue weighted by Gasteiger charge is -2.23. The molecule has 5 heteroatoms. The van der Waals surface area contributed by atoms with Crippen LogP contribution >= 0.6 is 11.6 Å². The van der Waals surface area contributed by atoms with Gasteiger partial charge >= 0.3 is 0 Å². The van der Waals surface area contributed by atoms with Crippen LogP contribution in [0.5, 0.6) is 0 Å². The molecule has 1 atom stereocenters. The van der Waals surface area contributed by atoms with Crippen LogP contribution < -0.4 is 0 Å². The normalized spacial score (nSPS) is 20.8. The Morgan fingerprint density at radius 3 is 2.47 bits per heavy atom. The van der Waals surface area contributed by atoms with E-state index in [0.717, 1.165) is 30.4 Å². The molecule has 1 aromatic rings. The molecule has 0 radical (unpaired) electrons. The van der Waals surface area contributed by atoms with Crippen molar-refractivity contribution in [2.24, 2.45) is 0 Å². The summed E-state index contributed by atoms with van der Waals surface area (Å²) in [6.45, 7) is 2.72. The number of hydrogen-bond acceptors (Lipinski definition) is 2. The molecule has 1 aromatic carbocycles. The van der Waals surface area contributed by atoms with Gasteiger partial charge in [0, 0.05) is 18.5 Å². The first-order chi connectivity index (χ1) is 9.06. The van der Waals surface area contributed by atoms with Crippen molar-refractivity contribution in [2.75, 3.05) is 6.54 Å². The molecule has 0 spiro atoms. The minimum absolute atomic E-state index is 0.0894. The highest BCUT2D eigenvalue weighted by atomic mass is 35.5. The number of sulfonamides is 1. The molecule has 19 heavy (non-hydrogen) atoms. The van der Waals surface area contributed by atoms with Gasteiger partial charge in [0.25, 0.3) is 0 Å². The summed E-state index contributed by atoms with van der Waals surface area (Å²) >= 11 is 5.73. The molecule has 0 saturated carbocycles. The molecule has 1 saturated heterocycles. The summed E-state index contributed by atoms with van der Waals surface area (Å²) < 4.78 is 26.5. The molecule has 1 aliphatic rings. The highest BCUT2D eigenvalue weighted by Gasteiger charge is 2.32. The summed E-state index contributed by atoms with van der Waals surface area (Å²) in [6.07, 6.45) is 2.86. The van der Waals surface area contributed by atoms with Crippen LogP contribution in [0.25, 0.3) is 0 Å². The number of rotatable bonds is 5. The molecule has 1 unspecified atom stereocenters. The zero-order valence-corrected chi connectivity index (χ0v) is 12.8. The number of halogens is 1. The number of nitrogens with zero attached hydrogens (tertiary/aromatic N) is 1. The molecular formula is C14H20ClNO2S. The third-order valence-electron chi connectivity index (χ3n) is 3.68. The van der Waals surface area contributed by atoms with E-state index in [9.17, 15) is 8.42 Å². The van der Waals surface area contributed by atoms with E-state index in [4.69, 9.17) is 11.6 Å². The van der Waals surface area contributed by atoms with Crippen molar-refractivity contribution in [1.82, 2.24) is 4.31 Å². The molecule has 3 nitrogen and oxygen atoms in total. The highest BCUT2D eigenvalue weighted by Crippen LogP contribution is 2.25. The van der Waals surface area contributed by atoms with E-state index >= 15 is 0 Å². The van der Waals surface area contributed by atoms with Crippen molar-refractivity contribution in [3.63, 3.8) is 0 Å². The fraction of sp³-hybridized carbons (Fsp3) is 0.571. The van der Waals surface area contributed by atoms with Gasteiger partial charge in [0.2, 0.25) is 10.0 Å². The lowest BCUT2D eigenvalue weighted by molar-refractivity contribution is 0.379. The van der Waals surface area contributed by atoms with E-state index < -0.39 is 10.0 Å². The predicted molar refractivity (Wildman–Crippen MR) is 78.6 cm³/mol. The second kappa shape index (κ2) is 6.25. The van der Waals surface area contributed by atoms with Gasteiger partial charge in [-0.05, 0) is 30.4 Å². The Morgan fingerprint density at radius 1 is 1.26 bits per heavy atom. The van der Waals surface area contributed by atoms with Gasteiger partial charge in [0.05, 0.1) is 5.75 Å². The van der Waals surface area contributed by atoms with Crippen molar-refractivity contribution in [3.8, 4) is 0 Å². The van der Waals surface area contributed by atoms with Gasteiger partial charge in [-0.2, -0.15) is 4.31 Å². The van der Waals surface area contributed by atoms with Crippen LogP contribution in [0.15, 0.2) is 24.3 Å². The van der Waals surface area contributed by atoms with Gasteiger partial charge in [0.15, 0.2) is 0 Å². The summed E-state index contributed by atoms with van der Waals surface area (Å²) in [5, 5.41) is 0. The van der Waals surface area contributed by atoms with Crippen LogP contribution in [0.3, 0.4) is 0 Å². The van der Waals surface area contributed by atoms with E-state index in [2.05, 4.69) is 0 Å². The third kappa shape index (κ3) is 3.50. The van der Waals surface area contributed by atoms with Crippen LogP contribution in [0.4, 0.5) is 0 Å². The zero-order chi connectivity index (χ0) is 13.9. The van der Waals surface area contributed by atoms with Crippen LogP contribution in [0.2, 0.25) is 0 Å². The third-order valence-corrected chi connectivity index (χ3v) is 5.88. The largest absolute Gasteiger partial charge is 0.218 e. The lowest BCUT2D eigenvalue weighted by Crippen LogP contribution is -2.35. The second-order valence-electron chi connectivity index (χ2n) is 5.02. The molecule has 0 amide bonds. The molecule has 0 bridgehead atoms. The number of hydrogen-bond donors (Lipinski definition) is 0. The first-order valence-electron chi connectivity index (χ1n) is 6.70. The van der Waals surface area contributed by atoms with Crippen molar-refractivity contribution < 1.29 is 8.42 Å². The van der Waals surface area contributed by atoms with E-state index in [1.165, 1.54) is 0 Å². The fourth-order valence-corrected chi connectivity index (χ4v) is 4.68. The quantitative estimate of drug-likeness (QED) is 0.784. The molecule has 1 heterocycles. The van der Waals surface area contributed by atoms with Crippen LogP contribution in [-0.2, 0) is 21.7 Å². The molecule has 1 fully saturated rings. The Labute approximate surface area is 120 Å². The van der Waals surface area contributed by atoms with Crippen molar-refractivity contribution in [2.45, 2.75) is 43.9 Å². The zero-order valence-electron chi connectivity index (χ0n) is 11.2. The van der Waals surface area contributed by atoms with E-state index in [1.54, 1.807) is 4.31 Å². The van der Waals surface area contributed by atoms with E-state index in [0.29, 0.717) is 12.4 Å². The number of benzene rings is 1. The first kappa shape index (κ1) is 14.8. The van der Waals surface area contributed by atoms with Gasteiger partial charge in [-0.3, -0.25) is 0 Å². The van der Waals surface area contributed by atoms with Gasteiger partial charge in [-0.25, -0.2) is 8.42 Å². The van der Waals surface area contributed by atoms with Crippen molar-refractivity contribution in [3.05, 3.63) is 35.4 Å². The molecule has 0 N–H and O–H groups in total. The Balaban J connectivity index is 2.11. The average molecular weight is 302 g/mol. The maximum absolute atomic E-state index is 12.4. The standard InChI is InChI=1S/C14H20ClNO2S/c1-2-14-4-3-9-16(14)19(17,18)11-13-7-5-12(10-15)6-8-13/h5-8,14H,2-4,9-11H2,1H3. The van der Waals surface area contributed by atoms with Crippen molar-refractivity contribution >= 4 is 21.6 Å². The van der Waals surface area contributed by atoms with Crippen molar-refractivity contribution in [1.29, 1.82) is 0 Å². The maximum Gasteiger partial charge on any atom is 0.218 e. The van der Waals surface area contributed by atoms with Gasteiger partial charge in [-0.15, -0.1) is 11.6 Å². The first-order valence-corrected chi connectivity index (χ1v) is 8.84. The SMILES string of the molecule is CCC1CCCN1S(=O)(=O)Cc1ccc(CCl)cc1. The highest BCUT2D eigenvalue weighted by molar-refractivity contribution is 7.88. The summed E-state index contributed by atoms with van der Waals surface area (Å²) in [5.74, 6) is 0.545. The summed E-state index contributed by atoms with van der Waals surface area (Å²) in [7, 11) is -3.19. The number of alkyl halides is 1. The Kier molecular flexibility index (Phi) is 4.87.